The summed E-state index contributed by atoms with van der Waals surface area (Å²) in [7, 11) is 0. The lowest BCUT2D eigenvalue weighted by atomic mass is 10.0. The highest BCUT2D eigenvalue weighted by atomic mass is 32.1. The second-order valence-corrected chi connectivity index (χ2v) is 9.49. The van der Waals surface area contributed by atoms with Crippen LogP contribution < -0.4 is 0 Å². The molecule has 2 aromatic rings. The van der Waals surface area contributed by atoms with Gasteiger partial charge in [-0.05, 0) is 59.2 Å². The Morgan fingerprint density at radius 1 is 1.17 bits per heavy atom. The number of hydrogen-bond acceptors (Lipinski definition) is 4. The van der Waals surface area contributed by atoms with Crippen LogP contribution in [0.2, 0.25) is 0 Å². The van der Waals surface area contributed by atoms with Gasteiger partial charge in [0, 0.05) is 33.3 Å². The number of allylic oxidation sites excluding steroid dienone is 4. The van der Waals surface area contributed by atoms with Gasteiger partial charge in [0.1, 0.15) is 5.01 Å². The summed E-state index contributed by atoms with van der Waals surface area (Å²) < 4.78 is 0. The van der Waals surface area contributed by atoms with E-state index >= 15 is 0 Å². The summed E-state index contributed by atoms with van der Waals surface area (Å²) in [4.78, 5) is 11.6. The molecular weight excluding hydrogens is 392 g/mol. The van der Waals surface area contributed by atoms with Crippen LogP contribution in [-0.4, -0.2) is 23.0 Å². The molecule has 0 N–H and O–H groups in total. The standard InChI is InChI=1S/C18H22N2S2.C5H10.C2H6/c1-5-7-8-15-12(3)22-18(19-15)17-13(4)21-16-11-20(6-2)10-9-14(16)17;1-4-5(2)3;1-2/h5,7-8H,1,6,9-11H2,2-4H3;4H,1-3H3;1-2H3/b8-7-;;. The van der Waals surface area contributed by atoms with Crippen molar-refractivity contribution in [2.75, 3.05) is 13.1 Å². The van der Waals surface area contributed by atoms with Crippen LogP contribution in [0.5, 0.6) is 0 Å². The fourth-order valence-electron chi connectivity index (χ4n) is 2.97. The number of thiazole rings is 1. The predicted molar refractivity (Wildman–Crippen MR) is 135 cm³/mol. The van der Waals surface area contributed by atoms with Gasteiger partial charge in [0.2, 0.25) is 0 Å². The normalized spacial score (nSPS) is 13.1. The van der Waals surface area contributed by atoms with Gasteiger partial charge in [0.25, 0.3) is 0 Å². The molecule has 0 aliphatic carbocycles. The zero-order valence-corrected chi connectivity index (χ0v) is 21.2. The minimum Gasteiger partial charge on any atom is -0.298 e. The summed E-state index contributed by atoms with van der Waals surface area (Å²) in [6.45, 7) is 24.0. The van der Waals surface area contributed by atoms with E-state index in [1.54, 1.807) is 11.6 Å². The molecule has 0 spiro atoms. The Balaban J connectivity index is 0.000000527. The minimum absolute atomic E-state index is 1.07. The van der Waals surface area contributed by atoms with Crippen LogP contribution in [-0.2, 0) is 13.0 Å². The molecule has 29 heavy (non-hydrogen) atoms. The average Bonchev–Trinajstić information content (AvgIpc) is 3.25. The summed E-state index contributed by atoms with van der Waals surface area (Å²) >= 11 is 3.77. The molecule has 0 bridgehead atoms. The number of nitrogens with zero attached hydrogens (tertiary/aromatic N) is 2. The maximum Gasteiger partial charge on any atom is 0.125 e. The number of fused-ring (bicyclic) bond motifs is 1. The molecule has 0 saturated heterocycles. The summed E-state index contributed by atoms with van der Waals surface area (Å²) in [6.07, 6.45) is 9.05. The van der Waals surface area contributed by atoms with Gasteiger partial charge in [-0.25, -0.2) is 4.98 Å². The number of likely N-dealkylation sites (N-methyl/N-ethyl adjacent to an activating group) is 1. The lowest BCUT2D eigenvalue weighted by molar-refractivity contribution is 0.272. The molecule has 0 saturated carbocycles. The zero-order chi connectivity index (χ0) is 22.0. The zero-order valence-electron chi connectivity index (χ0n) is 19.6. The molecule has 0 fully saturated rings. The lowest BCUT2D eigenvalue weighted by Gasteiger charge is -2.25. The van der Waals surface area contributed by atoms with Crippen molar-refractivity contribution in [3.63, 3.8) is 0 Å². The van der Waals surface area contributed by atoms with Gasteiger partial charge in [0.15, 0.2) is 0 Å². The SMILES string of the molecule is C=C/C=C\c1nc(-c2c(C)sc3c2CCN(CC)C3)sc1C.CC.CC=C(C)C. The highest BCUT2D eigenvalue weighted by molar-refractivity contribution is 7.16. The van der Waals surface area contributed by atoms with Crippen molar-refractivity contribution >= 4 is 28.7 Å². The Morgan fingerprint density at radius 3 is 2.38 bits per heavy atom. The predicted octanol–water partition coefficient (Wildman–Crippen LogP) is 8.06. The van der Waals surface area contributed by atoms with E-state index < -0.39 is 0 Å². The topological polar surface area (TPSA) is 16.1 Å². The number of aryl methyl sites for hydroxylation is 2. The third-order valence-corrected chi connectivity index (χ3v) is 6.91. The van der Waals surface area contributed by atoms with E-state index in [9.17, 15) is 0 Å². The van der Waals surface area contributed by atoms with E-state index in [2.05, 4.69) is 58.2 Å². The van der Waals surface area contributed by atoms with Crippen LogP contribution in [0.3, 0.4) is 0 Å². The van der Waals surface area contributed by atoms with E-state index in [1.807, 2.05) is 49.5 Å². The van der Waals surface area contributed by atoms with E-state index in [1.165, 1.54) is 37.3 Å². The summed E-state index contributed by atoms with van der Waals surface area (Å²) in [6, 6.07) is 0. The Labute approximate surface area is 186 Å². The first-order chi connectivity index (χ1) is 13.9. The third kappa shape index (κ3) is 7.06. The quantitative estimate of drug-likeness (QED) is 0.360. The summed E-state index contributed by atoms with van der Waals surface area (Å²) in [5, 5.41) is 1.18. The molecule has 4 heteroatoms. The van der Waals surface area contributed by atoms with E-state index in [4.69, 9.17) is 4.98 Å². The Bertz CT molecular complexity index is 833. The maximum absolute atomic E-state index is 4.87. The molecule has 3 rings (SSSR count). The van der Waals surface area contributed by atoms with Crippen LogP contribution in [0.1, 0.15) is 67.4 Å². The van der Waals surface area contributed by atoms with Crippen LogP contribution in [0.15, 0.2) is 30.4 Å². The molecule has 1 aliphatic rings. The Hall–Kier alpha value is -1.49. The minimum atomic E-state index is 1.07. The maximum atomic E-state index is 4.87. The van der Waals surface area contributed by atoms with Crippen LogP contribution in [0, 0.1) is 13.8 Å². The average molecular weight is 431 g/mol. The molecule has 3 heterocycles. The van der Waals surface area contributed by atoms with E-state index in [-0.39, 0.29) is 0 Å². The fraction of sp³-hybridized carbons (Fsp3) is 0.480. The monoisotopic (exact) mass is 430 g/mol. The molecule has 2 aromatic heterocycles. The second-order valence-electron chi connectivity index (χ2n) is 6.98. The van der Waals surface area contributed by atoms with E-state index in [0.29, 0.717) is 0 Å². The summed E-state index contributed by atoms with van der Waals surface area (Å²) in [5.74, 6) is 0. The lowest BCUT2D eigenvalue weighted by Crippen LogP contribution is -2.29. The van der Waals surface area contributed by atoms with Gasteiger partial charge in [-0.3, -0.25) is 4.90 Å². The van der Waals surface area contributed by atoms with Crippen molar-refractivity contribution in [1.82, 2.24) is 9.88 Å². The first kappa shape index (κ1) is 25.5. The van der Waals surface area contributed by atoms with Crippen molar-refractivity contribution in [3.8, 4) is 10.6 Å². The van der Waals surface area contributed by atoms with Crippen LogP contribution in [0.4, 0.5) is 0 Å². The second kappa shape index (κ2) is 12.9. The highest BCUT2D eigenvalue weighted by Crippen LogP contribution is 2.41. The van der Waals surface area contributed by atoms with Crippen molar-refractivity contribution in [2.45, 2.75) is 68.4 Å². The van der Waals surface area contributed by atoms with Gasteiger partial charge in [-0.1, -0.05) is 51.2 Å². The van der Waals surface area contributed by atoms with Gasteiger partial charge in [-0.15, -0.1) is 22.7 Å². The number of thiophene rings is 1. The van der Waals surface area contributed by atoms with Crippen molar-refractivity contribution in [2.24, 2.45) is 0 Å². The Morgan fingerprint density at radius 2 is 1.83 bits per heavy atom. The van der Waals surface area contributed by atoms with Gasteiger partial charge in [0.05, 0.1) is 5.69 Å². The van der Waals surface area contributed by atoms with Gasteiger partial charge in [-0.2, -0.15) is 0 Å². The molecular formula is C25H38N2S2. The summed E-state index contributed by atoms with van der Waals surface area (Å²) in [5.41, 5.74) is 5.40. The molecule has 0 atom stereocenters. The van der Waals surface area contributed by atoms with Crippen molar-refractivity contribution in [1.29, 1.82) is 0 Å². The first-order valence-corrected chi connectivity index (χ1v) is 12.2. The molecule has 0 aromatic carbocycles. The number of aromatic nitrogens is 1. The first-order valence-electron chi connectivity index (χ1n) is 10.6. The van der Waals surface area contributed by atoms with Crippen molar-refractivity contribution < 1.29 is 0 Å². The molecule has 0 amide bonds. The van der Waals surface area contributed by atoms with Crippen LogP contribution in [0.25, 0.3) is 16.6 Å². The largest absolute Gasteiger partial charge is 0.298 e. The van der Waals surface area contributed by atoms with Crippen LogP contribution >= 0.6 is 22.7 Å². The van der Waals surface area contributed by atoms with Gasteiger partial charge >= 0.3 is 0 Å². The fourth-order valence-corrected chi connectivity index (χ4v) is 5.33. The highest BCUT2D eigenvalue weighted by Gasteiger charge is 2.24. The van der Waals surface area contributed by atoms with Crippen molar-refractivity contribution in [3.05, 3.63) is 56.3 Å². The molecule has 1 aliphatic heterocycles. The molecule has 0 radical (unpaired) electrons. The van der Waals surface area contributed by atoms with Gasteiger partial charge < -0.3 is 0 Å². The Kier molecular flexibility index (Phi) is 11.4. The molecule has 160 valence electrons. The number of hydrogen-bond donors (Lipinski definition) is 0. The third-order valence-electron chi connectivity index (χ3n) is 4.77. The molecule has 0 unspecified atom stereocenters. The molecule has 2 nitrogen and oxygen atoms in total. The van der Waals surface area contributed by atoms with E-state index in [0.717, 1.165) is 25.2 Å². The number of rotatable bonds is 4. The smallest absolute Gasteiger partial charge is 0.125 e.